The van der Waals surface area contributed by atoms with Crippen molar-refractivity contribution >= 4 is 23.1 Å². The maximum atomic E-state index is 13.4. The Morgan fingerprint density at radius 2 is 1.91 bits per heavy atom. The van der Waals surface area contributed by atoms with Crippen molar-refractivity contribution in [3.05, 3.63) is 64.2 Å². The Balaban J connectivity index is 2.73. The van der Waals surface area contributed by atoms with Gasteiger partial charge in [-0.05, 0) is 24.1 Å². The molecule has 1 aromatic rings. The van der Waals surface area contributed by atoms with Crippen LogP contribution in [0.1, 0.15) is 18.1 Å². The van der Waals surface area contributed by atoms with Gasteiger partial charge in [0.15, 0.2) is 0 Å². The number of rotatable bonds is 3. The fourth-order valence-corrected chi connectivity index (χ4v) is 2.94. The van der Waals surface area contributed by atoms with E-state index in [0.717, 1.165) is 19.1 Å². The van der Waals surface area contributed by atoms with Crippen LogP contribution in [0.2, 0.25) is 0 Å². The molecular formula is C16H12ClF3O3. The molecule has 0 heterocycles. The van der Waals surface area contributed by atoms with E-state index in [1.165, 1.54) is 18.2 Å². The van der Waals surface area contributed by atoms with Crippen molar-refractivity contribution in [1.29, 1.82) is 0 Å². The SMILES string of the molecule is C=C(/C=C(/Cl)C1=C(C)C(O)(C(F)(F)F)c2ccccc21)C(=O)O. The highest BCUT2D eigenvalue weighted by molar-refractivity contribution is 6.38. The van der Waals surface area contributed by atoms with Gasteiger partial charge in [0.2, 0.25) is 5.60 Å². The minimum atomic E-state index is -4.95. The molecule has 23 heavy (non-hydrogen) atoms. The number of allylic oxidation sites excluding steroid dienone is 2. The standard InChI is InChI=1S/C16H12ClF3O3/c1-8(14(21)22)7-12(17)13-9(2)15(23,16(18,19)20)11-6-4-3-5-10(11)13/h3-7,23H,1H2,2H3,(H,21,22)/b12-7+. The molecule has 1 unspecified atom stereocenters. The molecule has 2 N–H and O–H groups in total. The molecule has 0 saturated carbocycles. The normalized spacial score (nSPS) is 21.4. The maximum Gasteiger partial charge on any atom is 0.425 e. The first-order valence-electron chi connectivity index (χ1n) is 6.42. The van der Waals surface area contributed by atoms with E-state index in [2.05, 4.69) is 6.58 Å². The summed E-state index contributed by atoms with van der Waals surface area (Å²) in [5.74, 6) is -1.35. The van der Waals surface area contributed by atoms with E-state index in [-0.39, 0.29) is 27.3 Å². The summed E-state index contributed by atoms with van der Waals surface area (Å²) in [6.45, 7) is 4.38. The highest BCUT2D eigenvalue weighted by Crippen LogP contribution is 2.55. The molecule has 0 saturated heterocycles. The quantitative estimate of drug-likeness (QED) is 0.644. The maximum absolute atomic E-state index is 13.4. The van der Waals surface area contributed by atoms with Gasteiger partial charge in [-0.1, -0.05) is 42.4 Å². The van der Waals surface area contributed by atoms with Crippen LogP contribution in [0.4, 0.5) is 13.2 Å². The number of benzene rings is 1. The van der Waals surface area contributed by atoms with Crippen LogP contribution in [0.15, 0.2) is 53.1 Å². The Bertz CT molecular complexity index is 762. The lowest BCUT2D eigenvalue weighted by molar-refractivity contribution is -0.248. The highest BCUT2D eigenvalue weighted by atomic mass is 35.5. The van der Waals surface area contributed by atoms with E-state index in [1.807, 2.05) is 0 Å². The minimum absolute atomic E-state index is 0.0514. The highest BCUT2D eigenvalue weighted by Gasteiger charge is 2.60. The van der Waals surface area contributed by atoms with Gasteiger partial charge in [0.1, 0.15) is 0 Å². The third-order valence-electron chi connectivity index (χ3n) is 3.73. The Kier molecular flexibility index (Phi) is 4.17. The van der Waals surface area contributed by atoms with Gasteiger partial charge in [-0.2, -0.15) is 13.2 Å². The minimum Gasteiger partial charge on any atom is -0.478 e. The average Bonchev–Trinajstić information content (AvgIpc) is 2.68. The smallest absolute Gasteiger partial charge is 0.425 e. The van der Waals surface area contributed by atoms with Gasteiger partial charge >= 0.3 is 12.1 Å². The molecule has 1 aromatic carbocycles. The molecule has 3 nitrogen and oxygen atoms in total. The van der Waals surface area contributed by atoms with Crippen LogP contribution in [0.25, 0.3) is 5.57 Å². The van der Waals surface area contributed by atoms with E-state index in [4.69, 9.17) is 16.7 Å². The summed E-state index contributed by atoms with van der Waals surface area (Å²) >= 11 is 6.03. The molecule has 0 bridgehead atoms. The lowest BCUT2D eigenvalue weighted by atomic mass is 9.90. The molecule has 0 radical (unpaired) electrons. The van der Waals surface area contributed by atoms with Crippen molar-refractivity contribution in [3.8, 4) is 0 Å². The number of hydrogen-bond acceptors (Lipinski definition) is 2. The first-order valence-corrected chi connectivity index (χ1v) is 6.79. The second kappa shape index (κ2) is 5.54. The van der Waals surface area contributed by atoms with Gasteiger partial charge in [0.25, 0.3) is 0 Å². The van der Waals surface area contributed by atoms with Gasteiger partial charge in [-0.3, -0.25) is 0 Å². The summed E-state index contributed by atoms with van der Waals surface area (Å²) in [5.41, 5.74) is -4.25. The lowest BCUT2D eigenvalue weighted by Gasteiger charge is -2.29. The summed E-state index contributed by atoms with van der Waals surface area (Å²) in [5, 5.41) is 18.9. The Hall–Kier alpha value is -2.05. The Labute approximate surface area is 135 Å². The number of carbonyl (C=O) groups is 1. The van der Waals surface area contributed by atoms with Crippen LogP contribution in [-0.4, -0.2) is 22.4 Å². The van der Waals surface area contributed by atoms with Crippen LogP contribution in [-0.2, 0) is 10.4 Å². The molecule has 2 rings (SSSR count). The monoisotopic (exact) mass is 344 g/mol. The zero-order valence-corrected chi connectivity index (χ0v) is 12.7. The third kappa shape index (κ3) is 2.58. The van der Waals surface area contributed by atoms with E-state index in [9.17, 15) is 23.1 Å². The Morgan fingerprint density at radius 3 is 2.43 bits per heavy atom. The molecule has 1 aliphatic carbocycles. The summed E-state index contributed by atoms with van der Waals surface area (Å²) in [6, 6.07) is 5.43. The van der Waals surface area contributed by atoms with E-state index >= 15 is 0 Å². The zero-order chi connectivity index (χ0) is 17.6. The van der Waals surface area contributed by atoms with Crippen LogP contribution in [0.3, 0.4) is 0 Å². The average molecular weight is 345 g/mol. The number of hydrogen-bond donors (Lipinski definition) is 2. The number of carboxylic acids is 1. The Morgan fingerprint density at radius 1 is 1.35 bits per heavy atom. The van der Waals surface area contributed by atoms with Crippen molar-refractivity contribution in [2.24, 2.45) is 0 Å². The molecular weight excluding hydrogens is 333 g/mol. The molecule has 0 amide bonds. The van der Waals surface area contributed by atoms with Gasteiger partial charge in [0, 0.05) is 16.2 Å². The number of carboxylic acid groups (broad SMARTS) is 1. The predicted octanol–water partition coefficient (Wildman–Crippen LogP) is 3.99. The van der Waals surface area contributed by atoms with Crippen LogP contribution in [0.5, 0.6) is 0 Å². The number of aliphatic carboxylic acids is 1. The van der Waals surface area contributed by atoms with Crippen molar-refractivity contribution in [2.45, 2.75) is 18.7 Å². The summed E-state index contributed by atoms with van der Waals surface area (Å²) < 4.78 is 40.3. The van der Waals surface area contributed by atoms with E-state index < -0.39 is 23.3 Å². The first-order chi connectivity index (χ1) is 10.5. The van der Waals surface area contributed by atoms with Crippen LogP contribution in [0, 0.1) is 0 Å². The number of fused-ring (bicyclic) bond motifs is 1. The summed E-state index contributed by atoms with van der Waals surface area (Å²) in [4.78, 5) is 10.8. The van der Waals surface area contributed by atoms with Crippen LogP contribution >= 0.6 is 11.6 Å². The number of aliphatic hydroxyl groups is 1. The molecule has 7 heteroatoms. The predicted molar refractivity (Wildman–Crippen MR) is 79.7 cm³/mol. The van der Waals surface area contributed by atoms with Crippen molar-refractivity contribution in [3.63, 3.8) is 0 Å². The summed E-state index contributed by atoms with van der Waals surface area (Å²) in [6.07, 6.45) is -3.99. The molecule has 1 aliphatic rings. The van der Waals surface area contributed by atoms with Crippen molar-refractivity contribution in [1.82, 2.24) is 0 Å². The molecule has 0 aromatic heterocycles. The second-order valence-corrected chi connectivity index (χ2v) is 5.48. The van der Waals surface area contributed by atoms with Gasteiger partial charge in [-0.25, -0.2) is 4.79 Å². The summed E-state index contributed by atoms with van der Waals surface area (Å²) in [7, 11) is 0. The van der Waals surface area contributed by atoms with Gasteiger partial charge in [0.05, 0.1) is 5.57 Å². The molecule has 1 atom stereocenters. The van der Waals surface area contributed by atoms with Crippen molar-refractivity contribution < 1.29 is 28.2 Å². The fraction of sp³-hybridized carbons (Fsp3) is 0.188. The number of halogens is 4. The molecule has 0 spiro atoms. The topological polar surface area (TPSA) is 57.5 Å². The zero-order valence-electron chi connectivity index (χ0n) is 11.9. The van der Waals surface area contributed by atoms with Crippen LogP contribution < -0.4 is 0 Å². The van der Waals surface area contributed by atoms with E-state index in [1.54, 1.807) is 0 Å². The van der Waals surface area contributed by atoms with E-state index in [0.29, 0.717) is 0 Å². The van der Waals surface area contributed by atoms with Crippen molar-refractivity contribution in [2.75, 3.05) is 0 Å². The third-order valence-corrected chi connectivity index (χ3v) is 4.03. The lowest BCUT2D eigenvalue weighted by Crippen LogP contribution is -2.41. The number of alkyl halides is 3. The molecule has 0 fully saturated rings. The first kappa shape index (κ1) is 17.3. The molecule has 0 aliphatic heterocycles. The fourth-order valence-electron chi connectivity index (χ4n) is 2.56. The van der Waals surface area contributed by atoms with Gasteiger partial charge < -0.3 is 10.2 Å². The molecule has 122 valence electrons. The largest absolute Gasteiger partial charge is 0.478 e. The van der Waals surface area contributed by atoms with Gasteiger partial charge in [-0.15, -0.1) is 0 Å². The second-order valence-electron chi connectivity index (χ2n) is 5.08.